The quantitative estimate of drug-likeness (QED) is 0.733. The summed E-state index contributed by atoms with van der Waals surface area (Å²) in [5.41, 5.74) is 0.565. The van der Waals surface area contributed by atoms with Gasteiger partial charge >= 0.3 is 0 Å². The van der Waals surface area contributed by atoms with Crippen molar-refractivity contribution in [2.24, 2.45) is 0 Å². The molecule has 12 heavy (non-hydrogen) atoms. The maximum absolute atomic E-state index is 11.5. The first-order valence-electron chi connectivity index (χ1n) is 3.28. The first-order chi connectivity index (χ1) is 5.41. The molecule has 0 saturated heterocycles. The third kappa shape index (κ3) is 2.32. The van der Waals surface area contributed by atoms with Crippen LogP contribution in [0.4, 0.5) is 0 Å². The van der Waals surface area contributed by atoms with Gasteiger partial charge in [0.1, 0.15) is 12.6 Å². The van der Waals surface area contributed by atoms with Crippen molar-refractivity contribution in [3.8, 4) is 0 Å². The van der Waals surface area contributed by atoms with Crippen LogP contribution in [-0.4, -0.2) is 18.3 Å². The summed E-state index contributed by atoms with van der Waals surface area (Å²) in [5, 5.41) is 0.545. The van der Waals surface area contributed by atoms with Crippen molar-refractivity contribution in [1.82, 2.24) is 4.98 Å². The first-order valence-corrected chi connectivity index (χ1v) is 7.05. The molecule has 0 unspecified atom stereocenters. The summed E-state index contributed by atoms with van der Waals surface area (Å²) in [6, 6.07) is 1.63. The lowest BCUT2D eigenvalue weighted by atomic mass is 10.5. The van der Waals surface area contributed by atoms with Gasteiger partial charge < -0.3 is 4.57 Å². The van der Waals surface area contributed by atoms with Crippen molar-refractivity contribution in [1.29, 1.82) is 0 Å². The van der Waals surface area contributed by atoms with E-state index in [4.69, 9.17) is 11.6 Å². The van der Waals surface area contributed by atoms with Crippen LogP contribution >= 0.6 is 34.7 Å². The standard InChI is InChI=1S/C7H8BrClNOP/c1-12(2,11)7-3-6(9)5(8)4-10-7/h3-4H,1-2H3. The summed E-state index contributed by atoms with van der Waals surface area (Å²) in [7, 11) is -2.28. The Balaban J connectivity index is 3.23. The monoisotopic (exact) mass is 267 g/mol. The average Bonchev–Trinajstić information content (AvgIpc) is 1.92. The highest BCUT2D eigenvalue weighted by molar-refractivity contribution is 9.10. The Kier molecular flexibility index (Phi) is 2.97. The number of pyridine rings is 1. The third-order valence-electron chi connectivity index (χ3n) is 1.35. The second kappa shape index (κ2) is 3.49. The molecule has 5 heteroatoms. The predicted octanol–water partition coefficient (Wildman–Crippen LogP) is 2.75. The van der Waals surface area contributed by atoms with E-state index in [0.29, 0.717) is 10.5 Å². The maximum Gasteiger partial charge on any atom is 0.127 e. The molecule has 0 N–H and O–H groups in total. The Morgan fingerprint density at radius 1 is 1.58 bits per heavy atom. The van der Waals surface area contributed by atoms with Gasteiger partial charge in [0.05, 0.1) is 9.50 Å². The van der Waals surface area contributed by atoms with Crippen LogP contribution in [0.25, 0.3) is 0 Å². The average molecular weight is 268 g/mol. The Morgan fingerprint density at radius 3 is 2.58 bits per heavy atom. The number of rotatable bonds is 1. The number of hydrogen-bond donors (Lipinski definition) is 0. The molecule has 0 atom stereocenters. The van der Waals surface area contributed by atoms with Crippen molar-refractivity contribution >= 4 is 40.1 Å². The molecule has 0 aliphatic carbocycles. The van der Waals surface area contributed by atoms with E-state index in [2.05, 4.69) is 20.9 Å². The fourth-order valence-electron chi connectivity index (χ4n) is 0.699. The van der Waals surface area contributed by atoms with Crippen molar-refractivity contribution in [3.63, 3.8) is 0 Å². The third-order valence-corrected chi connectivity index (χ3v) is 3.87. The highest BCUT2D eigenvalue weighted by atomic mass is 79.9. The predicted molar refractivity (Wildman–Crippen MR) is 56.0 cm³/mol. The van der Waals surface area contributed by atoms with Crippen molar-refractivity contribution in [2.75, 3.05) is 13.3 Å². The van der Waals surface area contributed by atoms with Crippen molar-refractivity contribution in [2.45, 2.75) is 0 Å². The molecule has 0 spiro atoms. The van der Waals surface area contributed by atoms with Gasteiger partial charge in [-0.3, -0.25) is 4.98 Å². The SMILES string of the molecule is CP(C)(=O)c1cc(Cl)c(Br)cn1. The van der Waals surface area contributed by atoms with Crippen molar-refractivity contribution < 1.29 is 4.57 Å². The van der Waals surface area contributed by atoms with E-state index in [1.54, 1.807) is 25.6 Å². The molecule has 0 amide bonds. The Labute approximate surface area is 84.8 Å². The Bertz CT molecular complexity index is 349. The molecule has 1 rings (SSSR count). The molecule has 0 aliphatic rings. The topological polar surface area (TPSA) is 30.0 Å². The zero-order chi connectivity index (χ0) is 9.35. The summed E-state index contributed by atoms with van der Waals surface area (Å²) in [5.74, 6) is 0. The molecule has 0 saturated carbocycles. The van der Waals surface area contributed by atoms with E-state index in [0.717, 1.165) is 4.47 Å². The highest BCUT2D eigenvalue weighted by Gasteiger charge is 2.13. The van der Waals surface area contributed by atoms with E-state index < -0.39 is 7.14 Å². The molecule has 2 nitrogen and oxygen atoms in total. The Morgan fingerprint density at radius 2 is 2.17 bits per heavy atom. The fourth-order valence-corrected chi connectivity index (χ4v) is 1.92. The van der Waals surface area contributed by atoms with Crippen molar-refractivity contribution in [3.05, 3.63) is 21.8 Å². The second-order valence-electron chi connectivity index (χ2n) is 2.81. The lowest BCUT2D eigenvalue weighted by Gasteiger charge is -2.05. The van der Waals surface area contributed by atoms with Gasteiger partial charge in [-0.25, -0.2) is 0 Å². The highest BCUT2D eigenvalue weighted by Crippen LogP contribution is 2.35. The zero-order valence-corrected chi connectivity index (χ0v) is 9.95. The van der Waals surface area contributed by atoms with Gasteiger partial charge in [-0.1, -0.05) is 11.6 Å². The van der Waals surface area contributed by atoms with Crippen LogP contribution in [0.15, 0.2) is 16.7 Å². The minimum absolute atomic E-state index is 0.545. The van der Waals surface area contributed by atoms with Crippen LogP contribution in [0.1, 0.15) is 0 Å². The number of aromatic nitrogens is 1. The van der Waals surface area contributed by atoms with Crippen LogP contribution in [0.3, 0.4) is 0 Å². The maximum atomic E-state index is 11.5. The van der Waals surface area contributed by atoms with E-state index in [-0.39, 0.29) is 0 Å². The first kappa shape index (κ1) is 10.2. The van der Waals surface area contributed by atoms with Crippen LogP contribution in [0.5, 0.6) is 0 Å². The second-order valence-corrected chi connectivity index (χ2v) is 7.23. The molecule has 0 aromatic carbocycles. The van der Waals surface area contributed by atoms with E-state index in [1.807, 2.05) is 0 Å². The fraction of sp³-hybridized carbons (Fsp3) is 0.286. The lowest BCUT2D eigenvalue weighted by molar-refractivity contribution is 0.588. The number of nitrogens with zero attached hydrogens (tertiary/aromatic N) is 1. The van der Waals surface area contributed by atoms with Crippen LogP contribution in [0.2, 0.25) is 5.02 Å². The van der Waals surface area contributed by atoms with Crippen LogP contribution < -0.4 is 5.44 Å². The lowest BCUT2D eigenvalue weighted by Crippen LogP contribution is -2.07. The smallest absolute Gasteiger partial charge is 0.127 e. The molecular weight excluding hydrogens is 260 g/mol. The molecule has 0 bridgehead atoms. The largest absolute Gasteiger partial charge is 0.318 e. The summed E-state index contributed by atoms with van der Waals surface area (Å²) < 4.78 is 12.3. The normalized spacial score (nSPS) is 11.7. The molecule has 1 aromatic heterocycles. The number of halogens is 2. The van der Waals surface area contributed by atoms with E-state index >= 15 is 0 Å². The summed E-state index contributed by atoms with van der Waals surface area (Å²) in [4.78, 5) is 4.02. The van der Waals surface area contributed by atoms with Gasteiger partial charge in [-0.2, -0.15) is 0 Å². The van der Waals surface area contributed by atoms with Crippen LogP contribution in [0, 0.1) is 0 Å². The van der Waals surface area contributed by atoms with Gasteiger partial charge in [0.15, 0.2) is 0 Å². The van der Waals surface area contributed by atoms with Gasteiger partial charge in [0, 0.05) is 6.20 Å². The van der Waals surface area contributed by atoms with Gasteiger partial charge in [-0.05, 0) is 35.3 Å². The van der Waals surface area contributed by atoms with Gasteiger partial charge in [0.25, 0.3) is 0 Å². The number of hydrogen-bond acceptors (Lipinski definition) is 2. The summed E-state index contributed by atoms with van der Waals surface area (Å²) in [6.07, 6.45) is 1.57. The minimum Gasteiger partial charge on any atom is -0.318 e. The molecule has 1 aromatic rings. The van der Waals surface area contributed by atoms with E-state index in [9.17, 15) is 4.57 Å². The summed E-state index contributed by atoms with van der Waals surface area (Å²) >= 11 is 9.02. The summed E-state index contributed by atoms with van der Waals surface area (Å²) in [6.45, 7) is 3.33. The zero-order valence-electron chi connectivity index (χ0n) is 6.71. The van der Waals surface area contributed by atoms with Gasteiger partial charge in [0.2, 0.25) is 0 Å². The van der Waals surface area contributed by atoms with Gasteiger partial charge in [-0.15, -0.1) is 0 Å². The molecular formula is C7H8BrClNOP. The minimum atomic E-state index is -2.28. The Hall–Kier alpha value is 0.150. The molecule has 0 fully saturated rings. The molecule has 0 aliphatic heterocycles. The molecule has 0 radical (unpaired) electrons. The van der Waals surface area contributed by atoms with Crippen LogP contribution in [-0.2, 0) is 4.57 Å². The molecule has 66 valence electrons. The van der Waals surface area contributed by atoms with E-state index in [1.165, 1.54) is 0 Å². The molecule has 1 heterocycles.